The van der Waals surface area contributed by atoms with Crippen LogP contribution in [0.25, 0.3) is 0 Å². The van der Waals surface area contributed by atoms with Crippen LogP contribution in [0.15, 0.2) is 48.5 Å². The number of nitrogens with zero attached hydrogens (tertiary/aromatic N) is 1. The molecule has 0 aliphatic rings. The molecule has 0 fully saturated rings. The van der Waals surface area contributed by atoms with E-state index in [1.165, 1.54) is 14.2 Å². The van der Waals surface area contributed by atoms with Crippen molar-refractivity contribution >= 4 is 17.5 Å². The van der Waals surface area contributed by atoms with Crippen LogP contribution in [0.1, 0.15) is 27.9 Å². The van der Waals surface area contributed by atoms with Crippen molar-refractivity contribution in [3.8, 4) is 0 Å². The molecule has 24 heavy (non-hydrogen) atoms. The number of rotatable bonds is 6. The Bertz CT molecular complexity index is 694. The fraction of sp³-hybridized carbons (Fsp3) is 0.263. The maximum Gasteiger partial charge on any atom is 0.345 e. The van der Waals surface area contributed by atoms with Gasteiger partial charge in [-0.1, -0.05) is 42.0 Å². The Kier molecular flexibility index (Phi) is 6.09. The molecule has 0 bridgehead atoms. The summed E-state index contributed by atoms with van der Waals surface area (Å²) in [5.74, 6) is 0.133. The quantitative estimate of drug-likeness (QED) is 0.648. The van der Waals surface area contributed by atoms with Gasteiger partial charge in [-0.15, -0.1) is 0 Å². The van der Waals surface area contributed by atoms with Gasteiger partial charge in [0.25, 0.3) is 0 Å². The molecule has 1 N–H and O–H groups in total. The molecular formula is C19H22N2O3. The van der Waals surface area contributed by atoms with Gasteiger partial charge in [-0.3, -0.25) is 9.63 Å². The first-order valence-corrected chi connectivity index (χ1v) is 7.77. The van der Waals surface area contributed by atoms with E-state index in [1.807, 2.05) is 55.5 Å². The Morgan fingerprint density at radius 1 is 1.04 bits per heavy atom. The summed E-state index contributed by atoms with van der Waals surface area (Å²) in [5.41, 5.74) is 3.61. The summed E-state index contributed by atoms with van der Waals surface area (Å²) in [6.07, 6.45) is 1.13. The van der Waals surface area contributed by atoms with E-state index in [4.69, 9.17) is 4.84 Å². The summed E-state index contributed by atoms with van der Waals surface area (Å²) < 4.78 is 0. The zero-order valence-corrected chi connectivity index (χ0v) is 14.2. The number of hydrogen-bond donors (Lipinski definition) is 1. The molecule has 0 aromatic heterocycles. The van der Waals surface area contributed by atoms with Gasteiger partial charge in [0.2, 0.25) is 0 Å². The molecule has 0 unspecified atom stereocenters. The van der Waals surface area contributed by atoms with Gasteiger partial charge in [0, 0.05) is 24.7 Å². The van der Waals surface area contributed by atoms with E-state index in [0.29, 0.717) is 18.5 Å². The Morgan fingerprint density at radius 2 is 1.67 bits per heavy atom. The number of nitrogens with one attached hydrogen (secondary N) is 1. The molecule has 0 aliphatic heterocycles. The van der Waals surface area contributed by atoms with Crippen LogP contribution < -0.4 is 5.32 Å². The number of hydroxylamine groups is 2. The lowest BCUT2D eigenvalue weighted by molar-refractivity contribution is -0.0598. The number of carbonyl (C=O) groups excluding carboxylic acids is 2. The standard InChI is InChI=1S/C19H22N2O3/c1-14-4-9-16(10-5-14)18(22)13-8-15-6-11-17(12-7-15)20-19(23)21(2)24-3/h4-7,9-12H,8,13H2,1-3H3,(H,20,23). The summed E-state index contributed by atoms with van der Waals surface area (Å²) in [7, 11) is 2.95. The number of carbonyl (C=O) groups is 2. The van der Waals surface area contributed by atoms with Crippen LogP contribution in [-0.2, 0) is 11.3 Å². The van der Waals surface area contributed by atoms with Crippen molar-refractivity contribution in [1.82, 2.24) is 5.06 Å². The van der Waals surface area contributed by atoms with Crippen LogP contribution in [0.5, 0.6) is 0 Å². The third-order valence-corrected chi connectivity index (χ3v) is 3.78. The van der Waals surface area contributed by atoms with Gasteiger partial charge in [-0.05, 0) is 31.0 Å². The highest BCUT2D eigenvalue weighted by atomic mass is 16.7. The van der Waals surface area contributed by atoms with Gasteiger partial charge in [-0.2, -0.15) is 0 Å². The number of ketones is 1. The maximum atomic E-state index is 12.2. The van der Waals surface area contributed by atoms with E-state index in [0.717, 1.165) is 21.8 Å². The average molecular weight is 326 g/mol. The number of urea groups is 1. The summed E-state index contributed by atoms with van der Waals surface area (Å²) in [5, 5.41) is 3.82. The molecule has 0 aliphatic carbocycles. The van der Waals surface area contributed by atoms with Crippen molar-refractivity contribution in [2.75, 3.05) is 19.5 Å². The number of benzene rings is 2. The third kappa shape index (κ3) is 4.93. The number of Topliss-reactive ketones (excluding diaryl/α,β-unsaturated/α-hetero) is 1. The predicted octanol–water partition coefficient (Wildman–Crippen LogP) is 3.84. The molecule has 5 nitrogen and oxygen atoms in total. The molecule has 2 rings (SSSR count). The number of anilines is 1. The molecule has 2 aromatic rings. The smallest absolute Gasteiger partial charge is 0.306 e. The minimum Gasteiger partial charge on any atom is -0.306 e. The second-order valence-corrected chi connectivity index (χ2v) is 5.60. The van der Waals surface area contributed by atoms with Crippen molar-refractivity contribution in [3.05, 3.63) is 65.2 Å². The largest absolute Gasteiger partial charge is 0.345 e. The fourth-order valence-electron chi connectivity index (χ4n) is 2.18. The van der Waals surface area contributed by atoms with Gasteiger partial charge in [0.15, 0.2) is 5.78 Å². The highest BCUT2D eigenvalue weighted by Crippen LogP contribution is 2.14. The number of hydrogen-bond acceptors (Lipinski definition) is 3. The Hall–Kier alpha value is -2.66. The SMILES string of the molecule is CON(C)C(=O)Nc1ccc(CCC(=O)c2ccc(C)cc2)cc1. The lowest BCUT2D eigenvalue weighted by Gasteiger charge is -2.14. The summed E-state index contributed by atoms with van der Waals surface area (Å²) in [4.78, 5) is 28.6. The summed E-state index contributed by atoms with van der Waals surface area (Å²) in [6.45, 7) is 2.00. The van der Waals surface area contributed by atoms with E-state index in [2.05, 4.69) is 5.32 Å². The van der Waals surface area contributed by atoms with Gasteiger partial charge >= 0.3 is 6.03 Å². The van der Waals surface area contributed by atoms with Crippen LogP contribution in [0, 0.1) is 6.92 Å². The highest BCUT2D eigenvalue weighted by Gasteiger charge is 2.08. The van der Waals surface area contributed by atoms with Gasteiger partial charge < -0.3 is 5.32 Å². The Balaban J connectivity index is 1.88. The zero-order valence-electron chi connectivity index (χ0n) is 14.2. The maximum absolute atomic E-state index is 12.2. The van der Waals surface area contributed by atoms with E-state index in [-0.39, 0.29) is 11.8 Å². The molecule has 0 heterocycles. The first kappa shape index (κ1) is 17.7. The molecule has 0 saturated heterocycles. The van der Waals surface area contributed by atoms with Crippen molar-refractivity contribution in [1.29, 1.82) is 0 Å². The lowest BCUT2D eigenvalue weighted by atomic mass is 10.0. The molecule has 2 aromatic carbocycles. The average Bonchev–Trinajstić information content (AvgIpc) is 2.60. The minimum atomic E-state index is -0.347. The molecule has 126 valence electrons. The topological polar surface area (TPSA) is 58.6 Å². The second kappa shape index (κ2) is 8.26. The van der Waals surface area contributed by atoms with E-state index < -0.39 is 0 Å². The van der Waals surface area contributed by atoms with Gasteiger partial charge in [-0.25, -0.2) is 9.86 Å². The molecule has 0 atom stereocenters. The summed E-state index contributed by atoms with van der Waals surface area (Å²) >= 11 is 0. The normalized spacial score (nSPS) is 10.3. The monoisotopic (exact) mass is 326 g/mol. The number of aryl methyl sites for hydroxylation is 2. The fourth-order valence-corrected chi connectivity index (χ4v) is 2.18. The first-order valence-electron chi connectivity index (χ1n) is 7.77. The second-order valence-electron chi connectivity index (χ2n) is 5.60. The van der Waals surface area contributed by atoms with Crippen LogP contribution in [0.2, 0.25) is 0 Å². The van der Waals surface area contributed by atoms with Crippen LogP contribution in [-0.4, -0.2) is 31.0 Å². The van der Waals surface area contributed by atoms with Crippen LogP contribution >= 0.6 is 0 Å². The first-order chi connectivity index (χ1) is 11.5. The van der Waals surface area contributed by atoms with Crippen LogP contribution in [0.3, 0.4) is 0 Å². The van der Waals surface area contributed by atoms with E-state index in [9.17, 15) is 9.59 Å². The lowest BCUT2D eigenvalue weighted by Crippen LogP contribution is -2.30. The molecule has 5 heteroatoms. The number of amides is 2. The Morgan fingerprint density at radius 3 is 2.25 bits per heavy atom. The highest BCUT2D eigenvalue weighted by molar-refractivity contribution is 5.96. The molecular weight excluding hydrogens is 304 g/mol. The van der Waals surface area contributed by atoms with Crippen molar-refractivity contribution < 1.29 is 14.4 Å². The Labute approximate surface area is 142 Å². The zero-order chi connectivity index (χ0) is 17.5. The van der Waals surface area contributed by atoms with Gasteiger partial charge in [0.05, 0.1) is 7.11 Å². The van der Waals surface area contributed by atoms with Crippen molar-refractivity contribution in [3.63, 3.8) is 0 Å². The van der Waals surface area contributed by atoms with E-state index >= 15 is 0 Å². The third-order valence-electron chi connectivity index (χ3n) is 3.78. The van der Waals surface area contributed by atoms with Crippen molar-refractivity contribution in [2.45, 2.75) is 19.8 Å². The van der Waals surface area contributed by atoms with Crippen LogP contribution in [0.4, 0.5) is 10.5 Å². The molecule has 0 radical (unpaired) electrons. The molecule has 2 amide bonds. The minimum absolute atomic E-state index is 0.133. The van der Waals surface area contributed by atoms with Crippen molar-refractivity contribution in [2.24, 2.45) is 0 Å². The predicted molar refractivity (Wildman–Crippen MR) is 94.1 cm³/mol. The van der Waals surface area contributed by atoms with E-state index in [1.54, 1.807) is 0 Å². The van der Waals surface area contributed by atoms with Gasteiger partial charge in [0.1, 0.15) is 0 Å². The molecule has 0 saturated carbocycles. The molecule has 0 spiro atoms. The summed E-state index contributed by atoms with van der Waals surface area (Å²) in [6, 6.07) is 14.7.